The Labute approximate surface area is 96.2 Å². The predicted octanol–water partition coefficient (Wildman–Crippen LogP) is 1.79. The summed E-state index contributed by atoms with van der Waals surface area (Å²) in [6.45, 7) is 1.67. The SMILES string of the molecule is CCc1cc(OC(F)(F)F)cc(S(N)(=O)=O)c1. The van der Waals surface area contributed by atoms with Crippen molar-refractivity contribution in [3.05, 3.63) is 23.8 Å². The Bertz CT molecular complexity index is 511. The molecule has 0 amide bonds. The van der Waals surface area contributed by atoms with Crippen LogP contribution in [0, 0.1) is 0 Å². The van der Waals surface area contributed by atoms with Crippen LogP contribution in [0.2, 0.25) is 0 Å². The minimum absolute atomic E-state index is 0.359. The number of sulfonamides is 1. The summed E-state index contributed by atoms with van der Waals surface area (Å²) in [6.07, 6.45) is -4.51. The summed E-state index contributed by atoms with van der Waals surface area (Å²) in [5.41, 5.74) is 0.385. The second kappa shape index (κ2) is 4.53. The minimum atomic E-state index is -4.87. The zero-order valence-corrected chi connectivity index (χ0v) is 9.60. The molecule has 0 atom stereocenters. The fourth-order valence-corrected chi connectivity index (χ4v) is 1.79. The number of primary sulfonamides is 1. The molecule has 2 N–H and O–H groups in total. The number of aryl methyl sites for hydroxylation is 1. The van der Waals surface area contributed by atoms with E-state index in [1.807, 2.05) is 0 Å². The molecule has 0 unspecified atom stereocenters. The van der Waals surface area contributed by atoms with Gasteiger partial charge in [0.05, 0.1) is 4.90 Å². The fraction of sp³-hybridized carbons (Fsp3) is 0.333. The van der Waals surface area contributed by atoms with Gasteiger partial charge in [0.25, 0.3) is 0 Å². The highest BCUT2D eigenvalue weighted by Gasteiger charge is 2.31. The number of hydrogen-bond acceptors (Lipinski definition) is 3. The van der Waals surface area contributed by atoms with Crippen molar-refractivity contribution in [1.82, 2.24) is 0 Å². The first-order valence-electron chi connectivity index (χ1n) is 4.54. The Morgan fingerprint density at radius 3 is 2.29 bits per heavy atom. The number of nitrogens with two attached hydrogens (primary N) is 1. The number of benzene rings is 1. The topological polar surface area (TPSA) is 69.4 Å². The normalized spacial score (nSPS) is 12.5. The van der Waals surface area contributed by atoms with E-state index >= 15 is 0 Å². The second-order valence-corrected chi connectivity index (χ2v) is 4.82. The van der Waals surface area contributed by atoms with Crippen LogP contribution in [0.5, 0.6) is 5.75 Å². The van der Waals surface area contributed by atoms with Gasteiger partial charge in [-0.15, -0.1) is 13.2 Å². The number of rotatable bonds is 3. The average Bonchev–Trinajstić information content (AvgIpc) is 2.13. The summed E-state index contributed by atoms with van der Waals surface area (Å²) in [4.78, 5) is -0.406. The average molecular weight is 269 g/mol. The highest BCUT2D eigenvalue weighted by molar-refractivity contribution is 7.89. The van der Waals surface area contributed by atoms with Crippen LogP contribution in [0.3, 0.4) is 0 Å². The van der Waals surface area contributed by atoms with E-state index < -0.39 is 27.0 Å². The summed E-state index contributed by atoms with van der Waals surface area (Å²) in [5, 5.41) is 4.85. The molecule has 1 rings (SSSR count). The standard InChI is InChI=1S/C9H10F3NO3S/c1-2-6-3-7(16-9(10,11)12)5-8(4-6)17(13,14)15/h3-5H,2H2,1H3,(H2,13,14,15). The van der Waals surface area contributed by atoms with Gasteiger partial charge in [-0.2, -0.15) is 0 Å². The van der Waals surface area contributed by atoms with Crippen molar-refractivity contribution in [2.24, 2.45) is 5.14 Å². The molecule has 0 spiro atoms. The quantitative estimate of drug-likeness (QED) is 0.909. The molecule has 0 saturated carbocycles. The number of hydrogen-bond donors (Lipinski definition) is 1. The van der Waals surface area contributed by atoms with Crippen LogP contribution in [0.15, 0.2) is 23.1 Å². The van der Waals surface area contributed by atoms with Crippen LogP contribution in [-0.2, 0) is 16.4 Å². The molecular weight excluding hydrogens is 259 g/mol. The first-order chi connectivity index (χ1) is 7.62. The monoisotopic (exact) mass is 269 g/mol. The molecule has 96 valence electrons. The number of ether oxygens (including phenoxy) is 1. The van der Waals surface area contributed by atoms with E-state index in [1.54, 1.807) is 6.92 Å². The molecule has 0 aliphatic rings. The van der Waals surface area contributed by atoms with Gasteiger partial charge in [0.2, 0.25) is 10.0 Å². The molecule has 8 heteroatoms. The third-order valence-electron chi connectivity index (χ3n) is 1.91. The van der Waals surface area contributed by atoms with Crippen LogP contribution in [0.25, 0.3) is 0 Å². The molecule has 1 aromatic rings. The zero-order chi connectivity index (χ0) is 13.3. The lowest BCUT2D eigenvalue weighted by Crippen LogP contribution is -2.18. The smallest absolute Gasteiger partial charge is 0.406 e. The first-order valence-corrected chi connectivity index (χ1v) is 6.09. The lowest BCUT2D eigenvalue weighted by Gasteiger charge is -2.11. The van der Waals surface area contributed by atoms with E-state index in [2.05, 4.69) is 4.74 Å². The summed E-state index contributed by atoms with van der Waals surface area (Å²) >= 11 is 0. The van der Waals surface area contributed by atoms with E-state index in [1.165, 1.54) is 6.07 Å². The number of halogens is 3. The van der Waals surface area contributed by atoms with Crippen molar-refractivity contribution < 1.29 is 26.3 Å². The van der Waals surface area contributed by atoms with Gasteiger partial charge in [0.1, 0.15) is 5.75 Å². The van der Waals surface area contributed by atoms with Gasteiger partial charge in [-0.25, -0.2) is 13.6 Å². The van der Waals surface area contributed by atoms with E-state index in [0.29, 0.717) is 12.0 Å². The predicted molar refractivity (Wildman–Crippen MR) is 53.9 cm³/mol. The van der Waals surface area contributed by atoms with Crippen molar-refractivity contribution in [2.75, 3.05) is 0 Å². The molecule has 0 aromatic heterocycles. The van der Waals surface area contributed by atoms with E-state index in [-0.39, 0.29) is 0 Å². The molecule has 0 aliphatic carbocycles. The van der Waals surface area contributed by atoms with Crippen LogP contribution >= 0.6 is 0 Å². The maximum absolute atomic E-state index is 12.0. The third-order valence-corrected chi connectivity index (χ3v) is 2.80. The Kier molecular flexibility index (Phi) is 3.68. The molecule has 0 heterocycles. The van der Waals surface area contributed by atoms with Crippen LogP contribution < -0.4 is 9.88 Å². The fourth-order valence-electron chi connectivity index (χ4n) is 1.19. The second-order valence-electron chi connectivity index (χ2n) is 3.26. The molecule has 0 bridgehead atoms. The van der Waals surface area contributed by atoms with Crippen molar-refractivity contribution in [3.8, 4) is 5.75 Å². The lowest BCUT2D eigenvalue weighted by atomic mass is 10.2. The van der Waals surface area contributed by atoms with Crippen LogP contribution in [-0.4, -0.2) is 14.8 Å². The molecule has 1 aromatic carbocycles. The Morgan fingerprint density at radius 2 is 1.88 bits per heavy atom. The maximum Gasteiger partial charge on any atom is 0.573 e. The van der Waals surface area contributed by atoms with E-state index in [9.17, 15) is 21.6 Å². The molecule has 0 radical (unpaired) electrons. The molecule has 0 fully saturated rings. The third kappa shape index (κ3) is 4.23. The summed E-state index contributed by atoms with van der Waals surface area (Å²) in [6, 6.07) is 3.06. The Hall–Kier alpha value is -1.28. The van der Waals surface area contributed by atoms with E-state index in [4.69, 9.17) is 5.14 Å². The molecular formula is C9H10F3NO3S. The van der Waals surface area contributed by atoms with Crippen LogP contribution in [0.4, 0.5) is 13.2 Å². The van der Waals surface area contributed by atoms with Crippen molar-refractivity contribution in [1.29, 1.82) is 0 Å². The van der Waals surface area contributed by atoms with Gasteiger partial charge in [0.15, 0.2) is 0 Å². The Morgan fingerprint density at radius 1 is 1.29 bits per heavy atom. The molecule has 4 nitrogen and oxygen atoms in total. The molecule has 0 saturated heterocycles. The van der Waals surface area contributed by atoms with Gasteiger partial charge >= 0.3 is 6.36 Å². The van der Waals surface area contributed by atoms with Crippen molar-refractivity contribution >= 4 is 10.0 Å². The molecule has 0 aliphatic heterocycles. The zero-order valence-electron chi connectivity index (χ0n) is 8.78. The largest absolute Gasteiger partial charge is 0.573 e. The molecule has 17 heavy (non-hydrogen) atoms. The van der Waals surface area contributed by atoms with E-state index in [0.717, 1.165) is 12.1 Å². The maximum atomic E-state index is 12.0. The highest BCUT2D eigenvalue weighted by Crippen LogP contribution is 2.26. The lowest BCUT2D eigenvalue weighted by molar-refractivity contribution is -0.274. The van der Waals surface area contributed by atoms with Gasteiger partial charge in [-0.05, 0) is 24.1 Å². The van der Waals surface area contributed by atoms with Gasteiger partial charge in [-0.1, -0.05) is 6.92 Å². The van der Waals surface area contributed by atoms with Crippen molar-refractivity contribution in [3.63, 3.8) is 0 Å². The summed E-state index contributed by atoms with van der Waals surface area (Å²) in [7, 11) is -4.06. The van der Waals surface area contributed by atoms with Crippen molar-refractivity contribution in [2.45, 2.75) is 24.6 Å². The van der Waals surface area contributed by atoms with Gasteiger partial charge < -0.3 is 4.74 Å². The Balaban J connectivity index is 3.24. The minimum Gasteiger partial charge on any atom is -0.406 e. The van der Waals surface area contributed by atoms with Gasteiger partial charge in [-0.3, -0.25) is 0 Å². The van der Waals surface area contributed by atoms with Gasteiger partial charge in [0, 0.05) is 6.07 Å². The first kappa shape index (κ1) is 13.8. The number of alkyl halides is 3. The summed E-state index contributed by atoms with van der Waals surface area (Å²) < 4.78 is 61.8. The van der Waals surface area contributed by atoms with Crippen LogP contribution in [0.1, 0.15) is 12.5 Å². The summed E-state index contributed by atoms with van der Waals surface area (Å²) in [5.74, 6) is -0.596. The highest BCUT2D eigenvalue weighted by atomic mass is 32.2.